The molecule has 6 heteroatoms. The molecule has 0 spiro atoms. The lowest BCUT2D eigenvalue weighted by Crippen LogP contribution is -2.18. The molecule has 5 rings (SSSR count). The minimum absolute atomic E-state index is 0.0473. The largest absolute Gasteiger partial charge is 0.493 e. The maximum absolute atomic E-state index is 13.2. The molecule has 1 aliphatic carbocycles. The number of hydrogen-bond acceptors (Lipinski definition) is 5. The molecule has 1 fully saturated rings. The fraction of sp³-hybridized carbons (Fsp3) is 0.241. The molecule has 1 heterocycles. The Morgan fingerprint density at radius 1 is 1.00 bits per heavy atom. The summed E-state index contributed by atoms with van der Waals surface area (Å²) in [4.78, 5) is 24.5. The van der Waals surface area contributed by atoms with Gasteiger partial charge >= 0.3 is 6.09 Å². The summed E-state index contributed by atoms with van der Waals surface area (Å²) in [5.41, 5.74) is 5.49. The van der Waals surface area contributed by atoms with Crippen LogP contribution in [0.3, 0.4) is 0 Å². The molecule has 1 amide bonds. The third-order valence-electron chi connectivity index (χ3n) is 6.46. The molecule has 2 aliphatic rings. The van der Waals surface area contributed by atoms with Crippen molar-refractivity contribution in [3.05, 3.63) is 100 Å². The minimum atomic E-state index is -0.443. The molecule has 0 unspecified atom stereocenters. The van der Waals surface area contributed by atoms with Gasteiger partial charge in [0.05, 0.1) is 13.2 Å². The van der Waals surface area contributed by atoms with E-state index in [2.05, 4.69) is 29.6 Å². The van der Waals surface area contributed by atoms with Crippen molar-refractivity contribution < 1.29 is 23.8 Å². The topological polar surface area (TPSA) is 73.9 Å². The Morgan fingerprint density at radius 2 is 1.77 bits per heavy atom. The summed E-state index contributed by atoms with van der Waals surface area (Å²) < 4.78 is 16.8. The first kappa shape index (κ1) is 22.7. The highest BCUT2D eigenvalue weighted by atomic mass is 16.6. The first-order chi connectivity index (χ1) is 17.0. The number of cyclic esters (lactones) is 1. The van der Waals surface area contributed by atoms with Crippen LogP contribution in [0.1, 0.15) is 45.6 Å². The molecule has 3 aromatic rings. The van der Waals surface area contributed by atoms with Gasteiger partial charge in [-0.2, -0.15) is 0 Å². The highest BCUT2D eigenvalue weighted by Gasteiger charge is 2.25. The SMILES string of the molecule is COc1ccc(C=C(C)C(=O)c2cccc([C@@H]3COC(=O)N3)c2)cc1OC1Cc2ccccc2C1. The Hall–Kier alpha value is -4.06. The minimum Gasteiger partial charge on any atom is -0.493 e. The number of nitrogens with one attached hydrogen (secondary N) is 1. The normalized spacial score (nSPS) is 17.5. The summed E-state index contributed by atoms with van der Waals surface area (Å²) in [5.74, 6) is 1.25. The number of amides is 1. The fourth-order valence-corrected chi connectivity index (χ4v) is 4.66. The van der Waals surface area contributed by atoms with Gasteiger partial charge in [0.25, 0.3) is 0 Å². The van der Waals surface area contributed by atoms with E-state index in [-0.39, 0.29) is 24.5 Å². The van der Waals surface area contributed by atoms with Crippen molar-refractivity contribution in [2.75, 3.05) is 13.7 Å². The highest BCUT2D eigenvalue weighted by molar-refractivity contribution is 6.11. The zero-order valence-corrected chi connectivity index (χ0v) is 19.7. The van der Waals surface area contributed by atoms with Gasteiger partial charge < -0.3 is 19.5 Å². The zero-order valence-electron chi connectivity index (χ0n) is 19.7. The van der Waals surface area contributed by atoms with Crippen LogP contribution >= 0.6 is 0 Å². The van der Waals surface area contributed by atoms with Crippen LogP contribution in [0.5, 0.6) is 11.5 Å². The van der Waals surface area contributed by atoms with Crippen LogP contribution in [0.4, 0.5) is 4.79 Å². The first-order valence-corrected chi connectivity index (χ1v) is 11.7. The lowest BCUT2D eigenvalue weighted by atomic mass is 9.98. The molecule has 1 saturated heterocycles. The summed E-state index contributed by atoms with van der Waals surface area (Å²) in [7, 11) is 1.63. The van der Waals surface area contributed by atoms with Crippen molar-refractivity contribution in [3.63, 3.8) is 0 Å². The average Bonchev–Trinajstić information content (AvgIpc) is 3.49. The van der Waals surface area contributed by atoms with Crippen LogP contribution in [0, 0.1) is 0 Å². The summed E-state index contributed by atoms with van der Waals surface area (Å²) in [5, 5.41) is 2.74. The van der Waals surface area contributed by atoms with Gasteiger partial charge in [-0.3, -0.25) is 4.79 Å². The van der Waals surface area contributed by atoms with Crippen LogP contribution < -0.4 is 14.8 Å². The number of rotatable bonds is 7. The second kappa shape index (κ2) is 9.66. The van der Waals surface area contributed by atoms with Crippen molar-refractivity contribution in [2.24, 2.45) is 0 Å². The molecule has 6 nitrogen and oxygen atoms in total. The van der Waals surface area contributed by atoms with Crippen LogP contribution in [0.25, 0.3) is 6.08 Å². The van der Waals surface area contributed by atoms with E-state index >= 15 is 0 Å². The predicted octanol–water partition coefficient (Wildman–Crippen LogP) is 5.31. The Bertz CT molecular complexity index is 1290. The molecule has 35 heavy (non-hydrogen) atoms. The van der Waals surface area contributed by atoms with E-state index in [4.69, 9.17) is 14.2 Å². The van der Waals surface area contributed by atoms with Crippen LogP contribution in [0.2, 0.25) is 0 Å². The molecule has 0 aromatic heterocycles. The zero-order chi connectivity index (χ0) is 24.4. The monoisotopic (exact) mass is 469 g/mol. The number of methoxy groups -OCH3 is 1. The Labute approximate surface area is 204 Å². The van der Waals surface area contributed by atoms with Gasteiger partial charge in [-0.25, -0.2) is 4.79 Å². The first-order valence-electron chi connectivity index (χ1n) is 11.7. The Kier molecular flexibility index (Phi) is 6.27. The quantitative estimate of drug-likeness (QED) is 0.375. The van der Waals surface area contributed by atoms with Crippen LogP contribution in [0.15, 0.2) is 72.3 Å². The second-order valence-electron chi connectivity index (χ2n) is 8.90. The van der Waals surface area contributed by atoms with Crippen molar-refractivity contribution >= 4 is 18.0 Å². The Morgan fingerprint density at radius 3 is 2.46 bits per heavy atom. The standard InChI is InChI=1S/C29H27NO5/c1-18(28(31)23-9-5-8-22(14-23)25-17-34-29(32)30-25)12-19-10-11-26(33-2)27(13-19)35-24-15-20-6-3-4-7-21(20)16-24/h3-14,24-25H,15-17H2,1-2H3,(H,30,32)/t25-/m0/s1. The molecule has 0 bridgehead atoms. The highest BCUT2D eigenvalue weighted by Crippen LogP contribution is 2.33. The fourth-order valence-electron chi connectivity index (χ4n) is 4.66. The third-order valence-corrected chi connectivity index (χ3v) is 6.46. The molecule has 0 radical (unpaired) electrons. The van der Waals surface area contributed by atoms with Gasteiger partial charge in [0.1, 0.15) is 12.7 Å². The van der Waals surface area contributed by atoms with Gasteiger partial charge in [0, 0.05) is 18.4 Å². The predicted molar refractivity (Wildman–Crippen MR) is 133 cm³/mol. The van der Waals surface area contributed by atoms with E-state index in [1.807, 2.05) is 36.4 Å². The molecular formula is C29H27NO5. The van der Waals surface area contributed by atoms with Crippen molar-refractivity contribution in [1.82, 2.24) is 5.32 Å². The molecule has 0 saturated carbocycles. The smallest absolute Gasteiger partial charge is 0.407 e. The molecule has 1 atom stereocenters. The van der Waals surface area contributed by atoms with Crippen molar-refractivity contribution in [2.45, 2.75) is 31.9 Å². The van der Waals surface area contributed by atoms with E-state index in [9.17, 15) is 9.59 Å². The van der Waals surface area contributed by atoms with Crippen molar-refractivity contribution in [1.29, 1.82) is 0 Å². The summed E-state index contributed by atoms with van der Waals surface area (Å²) in [6.07, 6.45) is 3.18. The number of fused-ring (bicyclic) bond motifs is 1. The van der Waals surface area contributed by atoms with E-state index in [1.54, 1.807) is 26.2 Å². The number of carbonyl (C=O) groups is 2. The van der Waals surface area contributed by atoms with E-state index in [0.717, 1.165) is 24.0 Å². The lowest BCUT2D eigenvalue weighted by molar-refractivity contribution is 0.103. The van der Waals surface area contributed by atoms with E-state index in [1.165, 1.54) is 11.1 Å². The van der Waals surface area contributed by atoms with Gasteiger partial charge in [0.2, 0.25) is 0 Å². The second-order valence-corrected chi connectivity index (χ2v) is 8.90. The number of allylic oxidation sites excluding steroid dienone is 1. The number of carbonyl (C=O) groups excluding carboxylic acids is 2. The summed E-state index contributed by atoms with van der Waals surface area (Å²) >= 11 is 0. The van der Waals surface area contributed by atoms with Gasteiger partial charge in [0.15, 0.2) is 17.3 Å². The Balaban J connectivity index is 1.33. The maximum atomic E-state index is 13.2. The van der Waals surface area contributed by atoms with Crippen LogP contribution in [-0.4, -0.2) is 31.7 Å². The number of hydrogen-bond donors (Lipinski definition) is 1. The molecule has 178 valence electrons. The summed E-state index contributed by atoms with van der Waals surface area (Å²) in [6.45, 7) is 2.06. The molecular weight excluding hydrogens is 442 g/mol. The number of benzene rings is 3. The number of ketones is 1. The average molecular weight is 470 g/mol. The van der Waals surface area contributed by atoms with Gasteiger partial charge in [-0.15, -0.1) is 0 Å². The number of ether oxygens (including phenoxy) is 3. The van der Waals surface area contributed by atoms with Gasteiger partial charge in [-0.05, 0) is 59.0 Å². The van der Waals surface area contributed by atoms with Crippen molar-refractivity contribution in [3.8, 4) is 11.5 Å². The number of alkyl carbamates (subject to hydrolysis) is 1. The molecule has 3 aromatic carbocycles. The van der Waals surface area contributed by atoms with Gasteiger partial charge in [-0.1, -0.05) is 48.5 Å². The molecule has 1 aliphatic heterocycles. The summed E-state index contributed by atoms with van der Waals surface area (Å²) in [6, 6.07) is 21.1. The van der Waals surface area contributed by atoms with E-state index < -0.39 is 6.09 Å². The molecule has 1 N–H and O–H groups in total. The maximum Gasteiger partial charge on any atom is 0.407 e. The lowest BCUT2D eigenvalue weighted by Gasteiger charge is -2.16. The van der Waals surface area contributed by atoms with E-state index in [0.29, 0.717) is 22.6 Å². The number of Topliss-reactive ketones (excluding diaryl/α,β-unsaturated/α-hetero) is 1. The van der Waals surface area contributed by atoms with Crippen LogP contribution in [-0.2, 0) is 17.6 Å². The third kappa shape index (κ3) is 4.92.